The molecule has 114 valence electrons. The van der Waals surface area contributed by atoms with Crippen molar-refractivity contribution in [1.29, 1.82) is 5.26 Å². The van der Waals surface area contributed by atoms with Crippen LogP contribution < -0.4 is 5.32 Å². The number of benzene rings is 1. The number of aromatic amines is 1. The molecule has 1 aromatic carbocycles. The van der Waals surface area contributed by atoms with E-state index in [2.05, 4.69) is 20.3 Å². The van der Waals surface area contributed by atoms with Gasteiger partial charge in [0.1, 0.15) is 6.07 Å². The molecular weight excluding hydrogens is 292 g/mol. The number of carbonyl (C=O) groups is 1. The zero-order valence-electron chi connectivity index (χ0n) is 12.2. The van der Waals surface area contributed by atoms with Crippen molar-refractivity contribution >= 4 is 11.6 Å². The highest BCUT2D eigenvalue weighted by molar-refractivity contribution is 6.01. The molecule has 0 fully saturated rings. The summed E-state index contributed by atoms with van der Waals surface area (Å²) >= 11 is 0. The second-order valence-electron chi connectivity index (χ2n) is 4.95. The molecule has 0 saturated heterocycles. The number of amides is 1. The number of rotatable bonds is 5. The Morgan fingerprint density at radius 1 is 1.35 bits per heavy atom. The fourth-order valence-electron chi connectivity index (χ4n) is 2.12. The normalized spacial score (nSPS) is 10.2. The molecule has 0 saturated carbocycles. The molecule has 0 atom stereocenters. The Morgan fingerprint density at radius 2 is 2.17 bits per heavy atom. The molecule has 0 spiro atoms. The van der Waals surface area contributed by atoms with E-state index in [4.69, 9.17) is 5.26 Å². The first-order valence-corrected chi connectivity index (χ1v) is 7.06. The van der Waals surface area contributed by atoms with Gasteiger partial charge in [-0.05, 0) is 24.1 Å². The van der Waals surface area contributed by atoms with Crippen LogP contribution in [0.1, 0.15) is 21.9 Å². The number of nitriles is 1. The van der Waals surface area contributed by atoms with Crippen molar-refractivity contribution in [3.05, 3.63) is 66.3 Å². The molecule has 7 nitrogen and oxygen atoms in total. The second-order valence-corrected chi connectivity index (χ2v) is 4.95. The van der Waals surface area contributed by atoms with Crippen LogP contribution in [0.2, 0.25) is 0 Å². The van der Waals surface area contributed by atoms with E-state index < -0.39 is 0 Å². The van der Waals surface area contributed by atoms with Gasteiger partial charge in [-0.25, -0.2) is 9.97 Å². The molecular formula is C16H14N6O. The summed E-state index contributed by atoms with van der Waals surface area (Å²) in [4.78, 5) is 22.5. The summed E-state index contributed by atoms with van der Waals surface area (Å²) in [5.74, 6) is -0.261. The first-order valence-electron chi connectivity index (χ1n) is 7.06. The van der Waals surface area contributed by atoms with Gasteiger partial charge < -0.3 is 14.9 Å². The maximum atomic E-state index is 12.0. The van der Waals surface area contributed by atoms with Crippen LogP contribution in [-0.2, 0) is 13.0 Å². The van der Waals surface area contributed by atoms with E-state index in [0.717, 1.165) is 13.0 Å². The lowest BCUT2D eigenvalue weighted by Crippen LogP contribution is -2.13. The monoisotopic (exact) mass is 306 g/mol. The molecule has 7 heteroatoms. The third-order valence-corrected chi connectivity index (χ3v) is 3.34. The molecule has 0 bridgehead atoms. The number of hydrogen-bond donors (Lipinski definition) is 2. The highest BCUT2D eigenvalue weighted by atomic mass is 16.2. The quantitative estimate of drug-likeness (QED) is 0.752. The van der Waals surface area contributed by atoms with Gasteiger partial charge >= 0.3 is 0 Å². The van der Waals surface area contributed by atoms with Gasteiger partial charge in [-0.1, -0.05) is 12.1 Å². The van der Waals surface area contributed by atoms with Crippen molar-refractivity contribution in [2.24, 2.45) is 0 Å². The van der Waals surface area contributed by atoms with Crippen molar-refractivity contribution < 1.29 is 4.79 Å². The number of hydrogen-bond acceptors (Lipinski definition) is 4. The number of carbonyl (C=O) groups excluding carboxylic acids is 1. The fraction of sp³-hybridized carbons (Fsp3) is 0.125. The molecule has 23 heavy (non-hydrogen) atoms. The number of anilines is 1. The number of nitrogens with zero attached hydrogens (tertiary/aromatic N) is 4. The first-order chi connectivity index (χ1) is 11.2. The van der Waals surface area contributed by atoms with Crippen LogP contribution in [0.3, 0.4) is 0 Å². The van der Waals surface area contributed by atoms with E-state index in [0.29, 0.717) is 5.69 Å². The molecule has 0 aliphatic rings. The minimum Gasteiger partial charge on any atom is -0.339 e. The number of H-pyrrole nitrogens is 1. The Kier molecular flexibility index (Phi) is 4.16. The van der Waals surface area contributed by atoms with E-state index in [-0.39, 0.29) is 17.4 Å². The van der Waals surface area contributed by atoms with Gasteiger partial charge in [-0.15, -0.1) is 0 Å². The lowest BCUT2D eigenvalue weighted by Gasteiger charge is -2.06. The third kappa shape index (κ3) is 3.63. The number of aromatic nitrogens is 4. The van der Waals surface area contributed by atoms with Crippen molar-refractivity contribution in [2.75, 3.05) is 5.32 Å². The lowest BCUT2D eigenvalue weighted by molar-refractivity contribution is 0.101. The van der Waals surface area contributed by atoms with Crippen LogP contribution in [0.5, 0.6) is 0 Å². The predicted molar refractivity (Wildman–Crippen MR) is 83.6 cm³/mol. The minimum absolute atomic E-state index is 0.116. The maximum Gasteiger partial charge on any atom is 0.291 e. The van der Waals surface area contributed by atoms with E-state index >= 15 is 0 Å². The topological polar surface area (TPSA) is 99.4 Å². The van der Waals surface area contributed by atoms with Crippen molar-refractivity contribution in [1.82, 2.24) is 19.5 Å². The van der Waals surface area contributed by atoms with Crippen LogP contribution >= 0.6 is 0 Å². The van der Waals surface area contributed by atoms with Crippen molar-refractivity contribution in [3.8, 4) is 6.07 Å². The van der Waals surface area contributed by atoms with Gasteiger partial charge in [0.15, 0.2) is 11.5 Å². The molecule has 0 radical (unpaired) electrons. The predicted octanol–water partition coefficient (Wildman–Crippen LogP) is 1.97. The van der Waals surface area contributed by atoms with Gasteiger partial charge in [-0.3, -0.25) is 4.79 Å². The maximum absolute atomic E-state index is 12.0. The van der Waals surface area contributed by atoms with Crippen molar-refractivity contribution in [3.63, 3.8) is 0 Å². The Bertz CT molecular complexity index is 826. The van der Waals surface area contributed by atoms with Crippen LogP contribution in [0, 0.1) is 11.3 Å². The molecule has 2 N–H and O–H groups in total. The van der Waals surface area contributed by atoms with Crippen LogP contribution in [0.25, 0.3) is 0 Å². The Labute approximate surface area is 132 Å². The number of imidazole rings is 2. The van der Waals surface area contributed by atoms with Gasteiger partial charge in [0, 0.05) is 30.8 Å². The summed E-state index contributed by atoms with van der Waals surface area (Å²) < 4.78 is 2.01. The molecule has 2 aromatic heterocycles. The largest absolute Gasteiger partial charge is 0.339 e. The Hall–Kier alpha value is -3.40. The van der Waals surface area contributed by atoms with E-state index in [1.165, 1.54) is 11.8 Å². The summed E-state index contributed by atoms with van der Waals surface area (Å²) in [5.41, 5.74) is 2.03. The summed E-state index contributed by atoms with van der Waals surface area (Å²) in [6.07, 6.45) is 7.74. The number of nitrogens with one attached hydrogen (secondary N) is 2. The first kappa shape index (κ1) is 14.5. The molecule has 0 aliphatic heterocycles. The Morgan fingerprint density at radius 3 is 2.83 bits per heavy atom. The number of aryl methyl sites for hydroxylation is 2. The minimum atomic E-state index is -0.377. The Balaban J connectivity index is 1.58. The molecule has 2 heterocycles. The van der Waals surface area contributed by atoms with Crippen molar-refractivity contribution in [2.45, 2.75) is 13.0 Å². The summed E-state index contributed by atoms with van der Waals surface area (Å²) in [5, 5.41) is 11.4. The molecule has 1 amide bonds. The van der Waals surface area contributed by atoms with Gasteiger partial charge in [0.05, 0.1) is 6.33 Å². The van der Waals surface area contributed by atoms with E-state index in [1.807, 2.05) is 41.1 Å². The molecule has 0 aliphatic carbocycles. The van der Waals surface area contributed by atoms with E-state index in [9.17, 15) is 4.79 Å². The zero-order chi connectivity index (χ0) is 16.1. The summed E-state index contributed by atoms with van der Waals surface area (Å²) in [6, 6.07) is 9.49. The molecule has 0 unspecified atom stereocenters. The SMILES string of the molecule is N#Cc1c[nH]c(C(=O)Nc2ccc(CCn3ccnc3)cc2)n1. The highest BCUT2D eigenvalue weighted by Crippen LogP contribution is 2.12. The summed E-state index contributed by atoms with van der Waals surface area (Å²) in [7, 11) is 0. The second kappa shape index (κ2) is 6.58. The van der Waals surface area contributed by atoms with Crippen LogP contribution in [-0.4, -0.2) is 25.4 Å². The van der Waals surface area contributed by atoms with Crippen LogP contribution in [0.4, 0.5) is 5.69 Å². The standard InChI is InChI=1S/C16H14N6O/c17-9-14-10-19-15(20-14)16(23)21-13-3-1-12(2-4-13)5-7-22-8-6-18-11-22/h1-4,6,8,10-11H,5,7H2,(H,19,20)(H,21,23). The van der Waals surface area contributed by atoms with Gasteiger partial charge in [0.25, 0.3) is 5.91 Å². The summed E-state index contributed by atoms with van der Waals surface area (Å²) in [6.45, 7) is 0.856. The zero-order valence-corrected chi connectivity index (χ0v) is 12.2. The lowest BCUT2D eigenvalue weighted by atomic mass is 10.1. The van der Waals surface area contributed by atoms with Gasteiger partial charge in [-0.2, -0.15) is 5.26 Å². The highest BCUT2D eigenvalue weighted by Gasteiger charge is 2.10. The van der Waals surface area contributed by atoms with Gasteiger partial charge in [0.2, 0.25) is 0 Å². The fourth-order valence-corrected chi connectivity index (χ4v) is 2.12. The average molecular weight is 306 g/mol. The average Bonchev–Trinajstić information content (AvgIpc) is 3.25. The van der Waals surface area contributed by atoms with Crippen LogP contribution in [0.15, 0.2) is 49.2 Å². The van der Waals surface area contributed by atoms with E-state index in [1.54, 1.807) is 12.5 Å². The molecule has 3 rings (SSSR count). The third-order valence-electron chi connectivity index (χ3n) is 3.34. The molecule has 3 aromatic rings. The smallest absolute Gasteiger partial charge is 0.291 e.